The van der Waals surface area contributed by atoms with Gasteiger partial charge in [-0.2, -0.15) is 10.5 Å². The fourth-order valence-electron chi connectivity index (χ4n) is 11.4. The topological polar surface area (TPSA) is 261 Å². The molecule has 6 aliphatic rings. The van der Waals surface area contributed by atoms with Crippen LogP contribution in [0.5, 0.6) is 11.5 Å². The van der Waals surface area contributed by atoms with E-state index in [1.807, 2.05) is 40.1 Å². The average Bonchev–Trinajstić information content (AvgIpc) is 4.29. The highest BCUT2D eigenvalue weighted by Crippen LogP contribution is 2.45. The lowest BCUT2D eigenvalue weighted by Crippen LogP contribution is -2.30. The van der Waals surface area contributed by atoms with Crippen LogP contribution in [0.3, 0.4) is 0 Å². The van der Waals surface area contributed by atoms with Crippen molar-refractivity contribution in [1.82, 2.24) is 25.3 Å². The number of nitrogens with zero attached hydrogens (tertiary/aromatic N) is 8. The highest BCUT2D eigenvalue weighted by atomic mass is 19.1. The molecule has 4 saturated heterocycles. The standard InChI is InChI=1S/C30H26FN5O4.C25H19FN4O4.C5H9NO/c1-38-25-9-18(30(37)35-27-21-14-39-15-22(21)27)12-34-28(25)26-10-23-29(40-26)20(4-6-33-23)16-2-3-24(17(8-16)11-32)36-7-5-19(31)13-36;1-33-21-9-16(25(31)32)12-29-23(21)22-10-19-24(34-22)18(4-6-28-19)14-2-3-20(15(8-14)11-27)30-7-5-17(26)13-30;6-5-3-1-7-2-4(3)5/h2-4,6,8-10,12,19,21-22,27H,5,7,13-15H2,1H3,(H,35,37);2-4,6,8-10,12,17H,5,7,13H2,1H3,(H,31,32);3-5H,1-2,6H2. The Balaban J connectivity index is 0.000000144. The van der Waals surface area contributed by atoms with E-state index >= 15 is 0 Å². The molecule has 14 rings (SSSR count). The van der Waals surface area contributed by atoms with Crippen molar-refractivity contribution in [3.05, 3.63) is 120 Å². The number of carbonyl (C=O) groups excluding carboxylic acids is 1. The van der Waals surface area contributed by atoms with Gasteiger partial charge >= 0.3 is 5.97 Å². The fourth-order valence-corrected chi connectivity index (χ4v) is 11.4. The van der Waals surface area contributed by atoms with E-state index in [-0.39, 0.29) is 29.8 Å². The Labute approximate surface area is 462 Å². The number of halogens is 2. The predicted molar refractivity (Wildman–Crippen MR) is 293 cm³/mol. The number of aromatic carboxylic acids is 1. The largest absolute Gasteiger partial charge is 0.494 e. The molecule has 2 aromatic carbocycles. The van der Waals surface area contributed by atoms with Crippen LogP contribution in [0.4, 0.5) is 20.2 Å². The van der Waals surface area contributed by atoms with Gasteiger partial charge in [-0.1, -0.05) is 12.1 Å². The van der Waals surface area contributed by atoms with Gasteiger partial charge in [0.25, 0.3) is 5.91 Å². The van der Waals surface area contributed by atoms with Crippen LogP contribution in [-0.2, 0) is 9.47 Å². The van der Waals surface area contributed by atoms with E-state index in [0.29, 0.717) is 137 Å². The molecular formula is C60H54F2N10O9. The molecule has 0 spiro atoms. The molecule has 19 nitrogen and oxygen atoms in total. The summed E-state index contributed by atoms with van der Waals surface area (Å²) in [5.74, 6) is 2.44. The van der Waals surface area contributed by atoms with Crippen molar-refractivity contribution < 1.29 is 51.3 Å². The second kappa shape index (κ2) is 21.9. The number of ether oxygens (including phenoxy) is 4. The number of amides is 1. The Morgan fingerprint density at radius 2 is 1.14 bits per heavy atom. The highest BCUT2D eigenvalue weighted by molar-refractivity contribution is 5.97. The summed E-state index contributed by atoms with van der Waals surface area (Å²) in [5, 5.41) is 31.8. The lowest BCUT2D eigenvalue weighted by Gasteiger charge is -2.19. The number of benzene rings is 2. The van der Waals surface area contributed by atoms with Crippen molar-refractivity contribution in [2.75, 3.05) is 76.6 Å². The van der Waals surface area contributed by atoms with Crippen molar-refractivity contribution >= 4 is 45.5 Å². The first-order chi connectivity index (χ1) is 39.4. The molecule has 6 aromatic heterocycles. The van der Waals surface area contributed by atoms with Crippen LogP contribution in [0.1, 0.15) is 44.7 Å². The molecule has 81 heavy (non-hydrogen) atoms. The molecule has 6 fully saturated rings. The lowest BCUT2D eigenvalue weighted by atomic mass is 10.0. The Hall–Kier alpha value is -9.02. The van der Waals surface area contributed by atoms with Crippen molar-refractivity contribution in [2.24, 2.45) is 29.4 Å². The Morgan fingerprint density at radius 3 is 1.56 bits per heavy atom. The number of carbonyl (C=O) groups is 2. The summed E-state index contributed by atoms with van der Waals surface area (Å²) in [6, 6.07) is 26.3. The maximum atomic E-state index is 13.8. The number of alkyl halides is 2. The minimum atomic E-state index is -1.11. The minimum absolute atomic E-state index is 0.00303. The molecule has 4 N–H and O–H groups in total. The molecular weight excluding hydrogens is 1040 g/mol. The first-order valence-electron chi connectivity index (χ1n) is 26.6. The number of hydrogen-bond donors (Lipinski definition) is 3. The molecule has 1 amide bonds. The van der Waals surface area contributed by atoms with Gasteiger partial charge in [0, 0.05) is 110 Å². The van der Waals surface area contributed by atoms with Gasteiger partial charge in [0.05, 0.1) is 74.3 Å². The Kier molecular flexibility index (Phi) is 14.2. The van der Waals surface area contributed by atoms with Gasteiger partial charge in [0.15, 0.2) is 22.7 Å². The Bertz CT molecular complexity index is 3820. The zero-order valence-electron chi connectivity index (χ0n) is 44.1. The quantitative estimate of drug-likeness (QED) is 0.109. The smallest absolute Gasteiger partial charge is 0.337 e. The number of hydrogen-bond acceptors (Lipinski definition) is 17. The molecule has 6 atom stereocenters. The van der Waals surface area contributed by atoms with E-state index in [2.05, 4.69) is 37.4 Å². The molecule has 412 valence electrons. The zero-order valence-corrected chi connectivity index (χ0v) is 44.1. The SMILES string of the molecule is COc1cc(C(=O)NC2C3COCC32)cnc1-c1cc2nccc(-c3ccc(N4CCC(F)C4)c(C#N)c3)c2o1.COc1cc(C(=O)O)cnc1-c1cc2nccc(-c3ccc(N4CCC(F)C4)c(C#N)c3)c2o1.NC1C2COCC12. The molecule has 10 heterocycles. The summed E-state index contributed by atoms with van der Waals surface area (Å²) >= 11 is 0. The number of fused-ring (bicyclic) bond motifs is 4. The van der Waals surface area contributed by atoms with E-state index in [1.165, 1.54) is 32.7 Å². The summed E-state index contributed by atoms with van der Waals surface area (Å²) in [4.78, 5) is 45.5. The molecule has 0 radical (unpaired) electrons. The highest BCUT2D eigenvalue weighted by Gasteiger charge is 2.55. The number of aromatic nitrogens is 4. The fraction of sp³-hybridized carbons (Fsp3) is 0.333. The van der Waals surface area contributed by atoms with Gasteiger partial charge in [-0.05, 0) is 72.5 Å². The summed E-state index contributed by atoms with van der Waals surface area (Å²) in [7, 11) is 2.95. The molecule has 8 aromatic rings. The van der Waals surface area contributed by atoms with E-state index in [0.717, 1.165) is 53.0 Å². The first kappa shape index (κ1) is 52.7. The molecule has 4 aliphatic heterocycles. The number of nitrogens with two attached hydrogens (primary N) is 1. The Morgan fingerprint density at radius 1 is 0.667 bits per heavy atom. The third-order valence-electron chi connectivity index (χ3n) is 16.0. The minimum Gasteiger partial charge on any atom is -0.494 e. The molecule has 2 saturated carbocycles. The maximum absolute atomic E-state index is 13.8. The van der Waals surface area contributed by atoms with Crippen LogP contribution in [-0.4, -0.2) is 128 Å². The third-order valence-corrected chi connectivity index (χ3v) is 16.0. The summed E-state index contributed by atoms with van der Waals surface area (Å²) < 4.78 is 61.2. The number of pyridine rings is 4. The van der Waals surface area contributed by atoms with Crippen molar-refractivity contribution in [3.63, 3.8) is 0 Å². The van der Waals surface area contributed by atoms with Crippen LogP contribution >= 0.6 is 0 Å². The van der Waals surface area contributed by atoms with E-state index in [4.69, 9.17) is 33.5 Å². The molecule has 21 heteroatoms. The van der Waals surface area contributed by atoms with Gasteiger partial charge < -0.3 is 53.7 Å². The van der Waals surface area contributed by atoms with Crippen molar-refractivity contribution in [1.29, 1.82) is 10.5 Å². The number of methoxy groups -OCH3 is 2. The van der Waals surface area contributed by atoms with E-state index in [1.54, 1.807) is 48.8 Å². The molecule has 6 unspecified atom stereocenters. The van der Waals surface area contributed by atoms with Gasteiger partial charge in [0.1, 0.15) is 58.4 Å². The number of furan rings is 2. The molecule has 0 bridgehead atoms. The van der Waals surface area contributed by atoms with Gasteiger partial charge in [-0.3, -0.25) is 14.8 Å². The molecule has 2 aliphatic carbocycles. The second-order valence-electron chi connectivity index (χ2n) is 20.9. The normalized spacial score (nSPS) is 22.9. The maximum Gasteiger partial charge on any atom is 0.337 e. The third kappa shape index (κ3) is 10.3. The van der Waals surface area contributed by atoms with E-state index < -0.39 is 18.3 Å². The van der Waals surface area contributed by atoms with Crippen LogP contribution in [0.2, 0.25) is 0 Å². The van der Waals surface area contributed by atoms with Gasteiger partial charge in [0.2, 0.25) is 0 Å². The summed E-state index contributed by atoms with van der Waals surface area (Å²) in [6.07, 6.45) is 5.23. The number of nitrogens with one attached hydrogen (secondary N) is 1. The monoisotopic (exact) mass is 1100 g/mol. The lowest BCUT2D eigenvalue weighted by molar-refractivity contribution is 0.0695. The van der Waals surface area contributed by atoms with Crippen LogP contribution in [0.15, 0.2) is 106 Å². The van der Waals surface area contributed by atoms with Crippen LogP contribution in [0, 0.1) is 46.3 Å². The van der Waals surface area contributed by atoms with Crippen molar-refractivity contribution in [3.8, 4) is 68.8 Å². The second-order valence-corrected chi connectivity index (χ2v) is 20.9. The summed E-state index contributed by atoms with van der Waals surface area (Å²) in [6.45, 7) is 4.97. The number of nitriles is 2. The van der Waals surface area contributed by atoms with Crippen molar-refractivity contribution in [2.45, 2.75) is 37.3 Å². The predicted octanol–water partition coefficient (Wildman–Crippen LogP) is 8.63. The van der Waals surface area contributed by atoms with Crippen LogP contribution in [0.25, 0.3) is 67.4 Å². The number of anilines is 2. The average molecular weight is 1100 g/mol. The van der Waals surface area contributed by atoms with Gasteiger partial charge in [-0.15, -0.1) is 0 Å². The summed E-state index contributed by atoms with van der Waals surface area (Å²) in [5.41, 5.74) is 14.4. The zero-order chi connectivity index (χ0) is 56.1. The number of carboxylic acid groups (broad SMARTS) is 1. The van der Waals surface area contributed by atoms with Gasteiger partial charge in [-0.25, -0.2) is 23.5 Å². The first-order valence-corrected chi connectivity index (χ1v) is 26.6. The van der Waals surface area contributed by atoms with E-state index in [9.17, 15) is 34.0 Å². The van der Waals surface area contributed by atoms with Crippen LogP contribution < -0.4 is 30.3 Å². The number of rotatable bonds is 11. The number of carboxylic acids is 1.